The molecule has 2 aliphatic heterocycles. The van der Waals surface area contributed by atoms with E-state index in [1.54, 1.807) is 12.1 Å². The quantitative estimate of drug-likeness (QED) is 0.543. The predicted molar refractivity (Wildman–Crippen MR) is 104 cm³/mol. The summed E-state index contributed by atoms with van der Waals surface area (Å²) in [5.74, 6) is -1.54. The Hall–Kier alpha value is -3.14. The molecular weight excluding hydrogens is 418 g/mol. The molecule has 2 aromatic rings. The smallest absolute Gasteiger partial charge is 0.406 e. The van der Waals surface area contributed by atoms with Crippen LogP contribution in [0, 0.1) is 5.82 Å². The monoisotopic (exact) mass is 437 g/mol. The van der Waals surface area contributed by atoms with Crippen LogP contribution in [0.15, 0.2) is 48.5 Å². The lowest BCUT2D eigenvalue weighted by Gasteiger charge is -2.38. The first-order chi connectivity index (χ1) is 14.7. The number of piperazine rings is 1. The van der Waals surface area contributed by atoms with E-state index in [2.05, 4.69) is 9.64 Å². The minimum Gasteiger partial charge on any atom is -0.406 e. The number of alkyl halides is 3. The average molecular weight is 437 g/mol. The maximum Gasteiger partial charge on any atom is 0.573 e. The van der Waals surface area contributed by atoms with Crippen molar-refractivity contribution in [3.63, 3.8) is 0 Å². The lowest BCUT2D eigenvalue weighted by molar-refractivity contribution is -0.274. The van der Waals surface area contributed by atoms with Gasteiger partial charge in [-0.15, -0.1) is 13.2 Å². The number of amides is 2. The van der Waals surface area contributed by atoms with Crippen LogP contribution in [0.4, 0.5) is 28.9 Å². The largest absolute Gasteiger partial charge is 0.573 e. The van der Waals surface area contributed by atoms with Crippen molar-refractivity contribution in [2.75, 3.05) is 36.0 Å². The summed E-state index contributed by atoms with van der Waals surface area (Å²) in [6.07, 6.45) is -4.81. The van der Waals surface area contributed by atoms with Gasteiger partial charge in [0.05, 0.1) is 18.2 Å². The number of hydrogen-bond donors (Lipinski definition) is 0. The minimum atomic E-state index is -4.82. The van der Waals surface area contributed by atoms with Gasteiger partial charge in [-0.25, -0.2) is 9.29 Å². The summed E-state index contributed by atoms with van der Waals surface area (Å²) in [7, 11) is 0. The molecule has 10 heteroatoms. The molecule has 2 fully saturated rings. The van der Waals surface area contributed by atoms with Crippen molar-refractivity contribution in [2.45, 2.75) is 18.8 Å². The Morgan fingerprint density at radius 3 is 2.00 bits per heavy atom. The molecule has 2 aromatic carbocycles. The van der Waals surface area contributed by atoms with Gasteiger partial charge in [-0.05, 0) is 48.5 Å². The van der Waals surface area contributed by atoms with Crippen molar-refractivity contribution in [3.8, 4) is 5.75 Å². The Kier molecular flexibility index (Phi) is 5.57. The Morgan fingerprint density at radius 2 is 1.42 bits per heavy atom. The third kappa shape index (κ3) is 4.63. The normalized spacial score (nSPS) is 20.5. The third-order valence-electron chi connectivity index (χ3n) is 5.40. The number of nitrogens with zero attached hydrogens (tertiary/aromatic N) is 3. The summed E-state index contributed by atoms with van der Waals surface area (Å²) in [6, 6.07) is 10.2. The van der Waals surface area contributed by atoms with E-state index in [4.69, 9.17) is 0 Å². The standard InChI is InChI=1S/C21H19F4N3O3/c22-14-1-3-15(4-2-14)26-9-11-27(12-10-26)18-13-19(29)28(20(18)30)16-5-7-17(8-6-16)31-21(23,24)25/h1-8,18H,9-13H2. The lowest BCUT2D eigenvalue weighted by Crippen LogP contribution is -2.52. The zero-order valence-electron chi connectivity index (χ0n) is 16.3. The summed E-state index contributed by atoms with van der Waals surface area (Å²) < 4.78 is 53.9. The van der Waals surface area contributed by atoms with Crippen LogP contribution in [0.2, 0.25) is 0 Å². The van der Waals surface area contributed by atoms with Crippen LogP contribution in [0.25, 0.3) is 0 Å². The van der Waals surface area contributed by atoms with E-state index in [0.29, 0.717) is 26.2 Å². The number of ether oxygens (including phenoxy) is 1. The number of rotatable bonds is 4. The molecule has 2 heterocycles. The van der Waals surface area contributed by atoms with Gasteiger partial charge >= 0.3 is 6.36 Å². The van der Waals surface area contributed by atoms with Crippen molar-refractivity contribution < 1.29 is 31.9 Å². The second-order valence-corrected chi connectivity index (χ2v) is 7.33. The van der Waals surface area contributed by atoms with Gasteiger partial charge in [0.15, 0.2) is 0 Å². The Morgan fingerprint density at radius 1 is 0.839 bits per heavy atom. The Balaban J connectivity index is 1.40. The highest BCUT2D eigenvalue weighted by atomic mass is 19.4. The SMILES string of the molecule is O=C1CC(N2CCN(c3ccc(F)cc3)CC2)C(=O)N1c1ccc(OC(F)(F)F)cc1. The van der Waals surface area contributed by atoms with Crippen LogP contribution in [-0.2, 0) is 9.59 Å². The Bertz CT molecular complexity index is 955. The highest BCUT2D eigenvalue weighted by Crippen LogP contribution is 2.30. The molecule has 4 rings (SSSR count). The fourth-order valence-corrected chi connectivity index (χ4v) is 3.91. The zero-order valence-corrected chi connectivity index (χ0v) is 16.3. The molecule has 6 nitrogen and oxygen atoms in total. The number of imide groups is 1. The van der Waals surface area contributed by atoms with Crippen LogP contribution in [0.5, 0.6) is 5.75 Å². The molecule has 0 aromatic heterocycles. The van der Waals surface area contributed by atoms with Crippen molar-refractivity contribution in [1.29, 1.82) is 0 Å². The highest BCUT2D eigenvalue weighted by molar-refractivity contribution is 6.22. The first kappa shape index (κ1) is 21.1. The molecule has 0 N–H and O–H groups in total. The molecule has 2 saturated heterocycles. The molecule has 0 radical (unpaired) electrons. The van der Waals surface area contributed by atoms with E-state index >= 15 is 0 Å². The van der Waals surface area contributed by atoms with Crippen molar-refractivity contribution in [2.24, 2.45) is 0 Å². The molecule has 1 unspecified atom stereocenters. The number of halogens is 4. The van der Waals surface area contributed by atoms with Gasteiger partial charge in [0.1, 0.15) is 11.6 Å². The van der Waals surface area contributed by atoms with Crippen LogP contribution in [0.1, 0.15) is 6.42 Å². The van der Waals surface area contributed by atoms with Crippen molar-refractivity contribution in [3.05, 3.63) is 54.3 Å². The van der Waals surface area contributed by atoms with Gasteiger partial charge in [0, 0.05) is 31.9 Å². The number of anilines is 2. The minimum absolute atomic E-state index is 0.0101. The van der Waals surface area contributed by atoms with Gasteiger partial charge in [0.2, 0.25) is 5.91 Å². The van der Waals surface area contributed by atoms with Crippen LogP contribution in [-0.4, -0.2) is 55.3 Å². The maximum absolute atomic E-state index is 13.1. The number of hydrogen-bond acceptors (Lipinski definition) is 5. The van der Waals surface area contributed by atoms with Crippen molar-refractivity contribution in [1.82, 2.24) is 4.90 Å². The highest BCUT2D eigenvalue weighted by Gasteiger charge is 2.43. The molecular formula is C21H19F4N3O3. The predicted octanol–water partition coefficient (Wildman–Crippen LogP) is 3.18. The van der Waals surface area contributed by atoms with Gasteiger partial charge in [-0.2, -0.15) is 0 Å². The molecule has 1 atom stereocenters. The van der Waals surface area contributed by atoms with E-state index in [-0.39, 0.29) is 17.9 Å². The van der Waals surface area contributed by atoms with E-state index in [1.807, 2.05) is 4.90 Å². The first-order valence-corrected chi connectivity index (χ1v) is 9.68. The van der Waals surface area contributed by atoms with Crippen molar-refractivity contribution >= 4 is 23.2 Å². The fourth-order valence-electron chi connectivity index (χ4n) is 3.91. The van der Waals surface area contributed by atoms with Crippen LogP contribution < -0.4 is 14.5 Å². The summed E-state index contributed by atoms with van der Waals surface area (Å²) in [5.41, 5.74) is 1.09. The number of carbonyl (C=O) groups excluding carboxylic acids is 2. The van der Waals surface area contributed by atoms with Gasteiger partial charge in [-0.1, -0.05) is 0 Å². The lowest BCUT2D eigenvalue weighted by atomic mass is 10.1. The molecule has 0 spiro atoms. The van der Waals surface area contributed by atoms with Gasteiger partial charge in [0.25, 0.3) is 5.91 Å². The number of benzene rings is 2. The van der Waals surface area contributed by atoms with E-state index in [1.165, 1.54) is 24.3 Å². The first-order valence-electron chi connectivity index (χ1n) is 9.68. The summed E-state index contributed by atoms with van der Waals surface area (Å²) in [5, 5.41) is 0. The van der Waals surface area contributed by atoms with Crippen LogP contribution in [0.3, 0.4) is 0 Å². The summed E-state index contributed by atoms with van der Waals surface area (Å²) in [4.78, 5) is 30.4. The fraction of sp³-hybridized carbons (Fsp3) is 0.333. The Labute approximate surface area is 175 Å². The van der Waals surface area contributed by atoms with E-state index < -0.39 is 30.0 Å². The molecule has 0 bridgehead atoms. The molecule has 2 aliphatic rings. The summed E-state index contributed by atoms with van der Waals surface area (Å²) in [6.45, 7) is 2.33. The second kappa shape index (κ2) is 8.18. The molecule has 164 valence electrons. The molecule has 0 aliphatic carbocycles. The van der Waals surface area contributed by atoms with E-state index in [9.17, 15) is 27.2 Å². The van der Waals surface area contributed by atoms with Crippen LogP contribution >= 0.6 is 0 Å². The van der Waals surface area contributed by atoms with E-state index in [0.717, 1.165) is 22.7 Å². The maximum atomic E-state index is 13.1. The van der Waals surface area contributed by atoms with Gasteiger partial charge < -0.3 is 9.64 Å². The van der Waals surface area contributed by atoms with Gasteiger partial charge in [-0.3, -0.25) is 14.5 Å². The third-order valence-corrected chi connectivity index (χ3v) is 5.40. The molecule has 0 saturated carbocycles. The number of carbonyl (C=O) groups is 2. The molecule has 2 amide bonds. The zero-order chi connectivity index (χ0) is 22.2. The topological polar surface area (TPSA) is 53.1 Å². The second-order valence-electron chi connectivity index (χ2n) is 7.33. The average Bonchev–Trinajstić information content (AvgIpc) is 3.02. The molecule has 31 heavy (non-hydrogen) atoms. The summed E-state index contributed by atoms with van der Waals surface area (Å²) >= 11 is 0.